The van der Waals surface area contributed by atoms with Crippen molar-refractivity contribution in [3.63, 3.8) is 0 Å². The number of aryl methyl sites for hydroxylation is 2. The Bertz CT molecular complexity index is 777. The van der Waals surface area contributed by atoms with Gasteiger partial charge in [0.25, 0.3) is 5.91 Å². The van der Waals surface area contributed by atoms with Crippen LogP contribution < -0.4 is 10.2 Å². The van der Waals surface area contributed by atoms with Crippen molar-refractivity contribution < 1.29 is 14.4 Å². The number of nitrogens with zero attached hydrogens (tertiary/aromatic N) is 2. The van der Waals surface area contributed by atoms with Gasteiger partial charge in [0, 0.05) is 23.3 Å². The van der Waals surface area contributed by atoms with Gasteiger partial charge in [0.05, 0.1) is 11.4 Å². The first-order valence-corrected chi connectivity index (χ1v) is 7.98. The molecule has 118 valence electrons. The molecule has 0 unspecified atom stereocenters. The maximum absolute atomic E-state index is 12.3. The van der Waals surface area contributed by atoms with Crippen LogP contribution in [0.3, 0.4) is 0 Å². The summed E-state index contributed by atoms with van der Waals surface area (Å²) in [6.07, 6.45) is 0.430. The van der Waals surface area contributed by atoms with Crippen molar-refractivity contribution in [2.45, 2.75) is 26.7 Å². The largest absolute Gasteiger partial charge is 0.298 e. The highest BCUT2D eigenvalue weighted by Crippen LogP contribution is 2.25. The van der Waals surface area contributed by atoms with Crippen LogP contribution in [0.1, 0.15) is 33.8 Å². The number of amides is 3. The highest BCUT2D eigenvalue weighted by atomic mass is 32.1. The number of nitrogens with one attached hydrogen (secondary N) is 1. The van der Waals surface area contributed by atoms with E-state index in [0.29, 0.717) is 16.4 Å². The Labute approximate surface area is 137 Å². The molecule has 1 saturated heterocycles. The lowest BCUT2D eigenvalue weighted by atomic mass is 10.2. The van der Waals surface area contributed by atoms with E-state index in [1.54, 1.807) is 24.3 Å². The molecule has 0 bridgehead atoms. The first kappa shape index (κ1) is 15.4. The maximum atomic E-state index is 12.3. The Kier molecular flexibility index (Phi) is 3.96. The van der Waals surface area contributed by atoms with Crippen LogP contribution in [0.5, 0.6) is 0 Å². The second-order valence-corrected chi connectivity index (χ2v) is 6.49. The first-order valence-electron chi connectivity index (χ1n) is 7.17. The molecule has 0 saturated carbocycles. The van der Waals surface area contributed by atoms with E-state index in [9.17, 15) is 14.4 Å². The summed E-state index contributed by atoms with van der Waals surface area (Å²) in [5.41, 5.74) is 1.68. The molecule has 0 spiro atoms. The monoisotopic (exact) mass is 329 g/mol. The smallest absolute Gasteiger partial charge is 0.257 e. The molecule has 3 rings (SSSR count). The fourth-order valence-electron chi connectivity index (χ4n) is 2.35. The number of carbonyl (C=O) groups is 3. The molecule has 3 amide bonds. The lowest BCUT2D eigenvalue weighted by molar-refractivity contribution is -0.121. The van der Waals surface area contributed by atoms with Crippen LogP contribution in [0.2, 0.25) is 0 Å². The summed E-state index contributed by atoms with van der Waals surface area (Å²) in [6, 6.07) is 6.48. The number of hydrogen-bond acceptors (Lipinski definition) is 5. The zero-order valence-electron chi connectivity index (χ0n) is 12.8. The zero-order chi connectivity index (χ0) is 16.6. The number of hydrogen-bond donors (Lipinski definition) is 1. The molecule has 1 N–H and O–H groups in total. The van der Waals surface area contributed by atoms with Crippen molar-refractivity contribution in [3.05, 3.63) is 40.4 Å². The number of benzene rings is 1. The maximum Gasteiger partial charge on any atom is 0.257 e. The summed E-state index contributed by atoms with van der Waals surface area (Å²) in [5.74, 6) is -0.794. The number of aromatic nitrogens is 1. The van der Waals surface area contributed by atoms with Gasteiger partial charge in [0.15, 0.2) is 5.13 Å². The van der Waals surface area contributed by atoms with Crippen molar-refractivity contribution in [1.82, 2.24) is 4.98 Å². The SMILES string of the molecule is Cc1nc(NC(=O)c2cccc(N3C(=O)CCC3=O)c2)sc1C. The molecule has 1 aromatic carbocycles. The first-order chi connectivity index (χ1) is 11.0. The van der Waals surface area contributed by atoms with E-state index in [4.69, 9.17) is 0 Å². The third-order valence-corrected chi connectivity index (χ3v) is 4.66. The molecule has 7 heteroatoms. The normalized spacial score (nSPS) is 14.4. The predicted molar refractivity (Wildman–Crippen MR) is 87.7 cm³/mol. The highest BCUT2D eigenvalue weighted by molar-refractivity contribution is 7.15. The number of anilines is 2. The van der Waals surface area contributed by atoms with E-state index >= 15 is 0 Å². The van der Waals surface area contributed by atoms with Crippen LogP contribution in [0.4, 0.5) is 10.8 Å². The lowest BCUT2D eigenvalue weighted by Gasteiger charge is -2.14. The van der Waals surface area contributed by atoms with Crippen molar-refractivity contribution in [2.24, 2.45) is 0 Å². The zero-order valence-corrected chi connectivity index (χ0v) is 13.6. The van der Waals surface area contributed by atoms with E-state index in [1.807, 2.05) is 13.8 Å². The Hall–Kier alpha value is -2.54. The number of imide groups is 1. The van der Waals surface area contributed by atoms with E-state index in [2.05, 4.69) is 10.3 Å². The number of carbonyl (C=O) groups excluding carboxylic acids is 3. The Morgan fingerprint density at radius 3 is 2.52 bits per heavy atom. The van der Waals surface area contributed by atoms with Crippen LogP contribution >= 0.6 is 11.3 Å². The van der Waals surface area contributed by atoms with Crippen molar-refractivity contribution >= 4 is 39.9 Å². The molecule has 0 radical (unpaired) electrons. The standard InChI is InChI=1S/C16H15N3O3S/c1-9-10(2)23-16(17-9)18-15(22)11-4-3-5-12(8-11)19-13(20)6-7-14(19)21/h3-5,8H,6-7H2,1-2H3,(H,17,18,22). The fourth-order valence-corrected chi connectivity index (χ4v) is 3.16. The molecule has 2 aromatic rings. The van der Waals surface area contributed by atoms with E-state index in [1.165, 1.54) is 11.3 Å². The number of thiazole rings is 1. The van der Waals surface area contributed by atoms with Gasteiger partial charge >= 0.3 is 0 Å². The van der Waals surface area contributed by atoms with Gasteiger partial charge in [-0.1, -0.05) is 6.07 Å². The molecule has 1 aliphatic heterocycles. The van der Waals surface area contributed by atoms with Gasteiger partial charge in [-0.15, -0.1) is 11.3 Å². The summed E-state index contributed by atoms with van der Waals surface area (Å²) >= 11 is 1.41. The molecular weight excluding hydrogens is 314 g/mol. The van der Waals surface area contributed by atoms with Crippen LogP contribution in [0.15, 0.2) is 24.3 Å². The van der Waals surface area contributed by atoms with E-state index in [-0.39, 0.29) is 30.6 Å². The Morgan fingerprint density at radius 1 is 1.22 bits per heavy atom. The topological polar surface area (TPSA) is 79.4 Å². The molecule has 0 aliphatic carbocycles. The molecule has 1 aliphatic rings. The Balaban J connectivity index is 1.83. The average molecular weight is 329 g/mol. The lowest BCUT2D eigenvalue weighted by Crippen LogP contribution is -2.28. The van der Waals surface area contributed by atoms with Gasteiger partial charge in [-0.2, -0.15) is 0 Å². The van der Waals surface area contributed by atoms with Gasteiger partial charge in [-0.3, -0.25) is 24.6 Å². The van der Waals surface area contributed by atoms with E-state index in [0.717, 1.165) is 15.5 Å². The van der Waals surface area contributed by atoms with Crippen LogP contribution in [-0.2, 0) is 9.59 Å². The van der Waals surface area contributed by atoms with Gasteiger partial charge in [-0.05, 0) is 32.0 Å². The van der Waals surface area contributed by atoms with Crippen LogP contribution in [0, 0.1) is 13.8 Å². The summed E-state index contributed by atoms with van der Waals surface area (Å²) in [4.78, 5) is 42.4. The molecular formula is C16H15N3O3S. The van der Waals surface area contributed by atoms with Gasteiger partial charge < -0.3 is 0 Å². The van der Waals surface area contributed by atoms with E-state index < -0.39 is 0 Å². The summed E-state index contributed by atoms with van der Waals surface area (Å²) < 4.78 is 0. The predicted octanol–water partition coefficient (Wildman–Crippen LogP) is 2.67. The number of rotatable bonds is 3. The quantitative estimate of drug-likeness (QED) is 0.878. The minimum atomic E-state index is -0.320. The summed E-state index contributed by atoms with van der Waals surface area (Å²) in [6.45, 7) is 3.82. The van der Waals surface area contributed by atoms with Crippen molar-refractivity contribution in [1.29, 1.82) is 0 Å². The minimum absolute atomic E-state index is 0.215. The highest BCUT2D eigenvalue weighted by Gasteiger charge is 2.30. The van der Waals surface area contributed by atoms with Gasteiger partial charge in [0.1, 0.15) is 0 Å². The third kappa shape index (κ3) is 3.00. The minimum Gasteiger partial charge on any atom is -0.298 e. The average Bonchev–Trinajstić information content (AvgIpc) is 3.01. The summed E-state index contributed by atoms with van der Waals surface area (Å²) in [5, 5.41) is 3.27. The second kappa shape index (κ2) is 5.92. The molecule has 1 aromatic heterocycles. The third-order valence-electron chi connectivity index (χ3n) is 3.67. The fraction of sp³-hybridized carbons (Fsp3) is 0.250. The van der Waals surface area contributed by atoms with Crippen LogP contribution in [-0.4, -0.2) is 22.7 Å². The second-order valence-electron chi connectivity index (χ2n) is 5.29. The van der Waals surface area contributed by atoms with Gasteiger partial charge in [-0.25, -0.2) is 4.98 Å². The van der Waals surface area contributed by atoms with Crippen molar-refractivity contribution in [2.75, 3.05) is 10.2 Å². The van der Waals surface area contributed by atoms with Gasteiger partial charge in [0.2, 0.25) is 11.8 Å². The molecule has 0 atom stereocenters. The Morgan fingerprint density at radius 2 is 1.91 bits per heavy atom. The van der Waals surface area contributed by atoms with Crippen LogP contribution in [0.25, 0.3) is 0 Å². The van der Waals surface area contributed by atoms with Crippen molar-refractivity contribution in [3.8, 4) is 0 Å². The summed E-state index contributed by atoms with van der Waals surface area (Å²) in [7, 11) is 0. The molecule has 2 heterocycles. The molecule has 23 heavy (non-hydrogen) atoms. The molecule has 6 nitrogen and oxygen atoms in total. The molecule has 1 fully saturated rings.